The molecule has 0 radical (unpaired) electrons. The summed E-state index contributed by atoms with van der Waals surface area (Å²) in [5.74, 6) is 5.77. The van der Waals surface area contributed by atoms with Crippen LogP contribution in [-0.2, 0) is 4.74 Å². The molecule has 3 fully saturated rings. The van der Waals surface area contributed by atoms with Crippen LogP contribution in [0.3, 0.4) is 0 Å². The minimum Gasteiger partial charge on any atom is -0.494 e. The van der Waals surface area contributed by atoms with E-state index in [-0.39, 0.29) is 17.5 Å². The SMILES string of the molecule is CCCCCCCCCOc1ccc(C(=O)O[C@H]2CC[C@@]3(C)C(=CC[C@H]4[C@H]5CC[C@H]([C@H](C)CCCC(C)C)[C@@]5(C)CC[C@@H]43)C2)cc1. The second kappa shape index (κ2) is 16.1. The van der Waals surface area contributed by atoms with E-state index in [4.69, 9.17) is 9.47 Å². The third-order valence-corrected chi connectivity index (χ3v) is 13.6. The molecule has 3 saturated carbocycles. The first-order chi connectivity index (χ1) is 22.2. The summed E-state index contributed by atoms with van der Waals surface area (Å²) in [6.07, 6.45) is 25.7. The highest BCUT2D eigenvalue weighted by molar-refractivity contribution is 5.89. The number of rotatable bonds is 16. The molecule has 1 aromatic carbocycles. The van der Waals surface area contributed by atoms with Gasteiger partial charge in [-0.05, 0) is 122 Å². The number of carbonyl (C=O) groups excluding carboxylic acids is 1. The summed E-state index contributed by atoms with van der Waals surface area (Å²) in [6, 6.07) is 7.60. The lowest BCUT2D eigenvalue weighted by atomic mass is 9.47. The van der Waals surface area contributed by atoms with Crippen molar-refractivity contribution in [3.63, 3.8) is 0 Å². The van der Waals surface area contributed by atoms with Crippen molar-refractivity contribution >= 4 is 5.97 Å². The molecule has 0 aromatic heterocycles. The van der Waals surface area contributed by atoms with Gasteiger partial charge in [0.05, 0.1) is 12.2 Å². The predicted octanol–water partition coefficient (Wildman–Crippen LogP) is 12.4. The number of carbonyl (C=O) groups is 1. The first-order valence-electron chi connectivity index (χ1n) is 19.8. The van der Waals surface area contributed by atoms with E-state index >= 15 is 0 Å². The molecular weight excluding hydrogens is 564 g/mol. The maximum absolute atomic E-state index is 13.2. The van der Waals surface area contributed by atoms with E-state index in [0.29, 0.717) is 11.0 Å². The maximum Gasteiger partial charge on any atom is 0.338 e. The molecule has 46 heavy (non-hydrogen) atoms. The summed E-state index contributed by atoms with van der Waals surface area (Å²) in [5.41, 5.74) is 3.03. The lowest BCUT2D eigenvalue weighted by Gasteiger charge is -2.58. The number of allylic oxidation sites excluding steroid dienone is 1. The molecule has 258 valence electrons. The quantitative estimate of drug-likeness (QED) is 0.103. The highest BCUT2D eigenvalue weighted by Crippen LogP contribution is 2.67. The largest absolute Gasteiger partial charge is 0.494 e. The second-order valence-electron chi connectivity index (χ2n) is 17.1. The monoisotopic (exact) mass is 633 g/mol. The molecule has 4 aliphatic rings. The highest BCUT2D eigenvalue weighted by atomic mass is 16.5. The molecule has 0 amide bonds. The van der Waals surface area contributed by atoms with E-state index in [1.54, 1.807) is 5.57 Å². The van der Waals surface area contributed by atoms with Crippen LogP contribution in [0.1, 0.15) is 167 Å². The molecule has 8 atom stereocenters. The Kier molecular flexibility index (Phi) is 12.4. The van der Waals surface area contributed by atoms with E-state index < -0.39 is 0 Å². The smallest absolute Gasteiger partial charge is 0.338 e. The third-order valence-electron chi connectivity index (χ3n) is 13.6. The summed E-state index contributed by atoms with van der Waals surface area (Å²) in [7, 11) is 0. The van der Waals surface area contributed by atoms with Crippen molar-refractivity contribution < 1.29 is 14.3 Å². The summed E-state index contributed by atoms with van der Waals surface area (Å²) < 4.78 is 12.1. The fourth-order valence-electron chi connectivity index (χ4n) is 10.9. The zero-order valence-electron chi connectivity index (χ0n) is 30.6. The molecule has 0 heterocycles. The summed E-state index contributed by atoms with van der Waals surface area (Å²) in [5, 5.41) is 0. The van der Waals surface area contributed by atoms with Gasteiger partial charge in [-0.15, -0.1) is 0 Å². The highest BCUT2D eigenvalue weighted by Gasteiger charge is 2.59. The summed E-state index contributed by atoms with van der Waals surface area (Å²) >= 11 is 0. The van der Waals surface area contributed by atoms with Gasteiger partial charge >= 0.3 is 5.97 Å². The molecule has 3 heteroatoms. The van der Waals surface area contributed by atoms with Crippen LogP contribution in [-0.4, -0.2) is 18.7 Å². The predicted molar refractivity (Wildman–Crippen MR) is 192 cm³/mol. The molecule has 0 N–H and O–H groups in total. The number of esters is 1. The molecule has 0 bridgehead atoms. The van der Waals surface area contributed by atoms with Crippen molar-refractivity contribution in [1.29, 1.82) is 0 Å². The zero-order valence-corrected chi connectivity index (χ0v) is 30.6. The van der Waals surface area contributed by atoms with Crippen LogP contribution in [0.15, 0.2) is 35.9 Å². The topological polar surface area (TPSA) is 35.5 Å². The van der Waals surface area contributed by atoms with E-state index in [1.807, 2.05) is 24.3 Å². The number of benzene rings is 1. The Hall–Kier alpha value is -1.77. The normalized spacial score (nSPS) is 32.7. The van der Waals surface area contributed by atoms with Gasteiger partial charge in [0.25, 0.3) is 0 Å². The van der Waals surface area contributed by atoms with Crippen molar-refractivity contribution in [3.8, 4) is 5.75 Å². The van der Waals surface area contributed by atoms with E-state index in [9.17, 15) is 4.79 Å². The average molecular weight is 633 g/mol. The molecule has 0 unspecified atom stereocenters. The van der Waals surface area contributed by atoms with E-state index in [2.05, 4.69) is 47.6 Å². The molecule has 1 aromatic rings. The van der Waals surface area contributed by atoms with Gasteiger partial charge in [-0.25, -0.2) is 4.79 Å². The van der Waals surface area contributed by atoms with Crippen LogP contribution in [0, 0.1) is 46.3 Å². The molecule has 4 aliphatic carbocycles. The van der Waals surface area contributed by atoms with Crippen LogP contribution in [0.25, 0.3) is 0 Å². The number of ether oxygens (including phenoxy) is 2. The van der Waals surface area contributed by atoms with Crippen molar-refractivity contribution in [2.75, 3.05) is 6.61 Å². The van der Waals surface area contributed by atoms with Gasteiger partial charge in [0.2, 0.25) is 0 Å². The van der Waals surface area contributed by atoms with E-state index in [1.165, 1.54) is 89.9 Å². The van der Waals surface area contributed by atoms with Gasteiger partial charge in [0.15, 0.2) is 0 Å². The van der Waals surface area contributed by atoms with Gasteiger partial charge in [-0.3, -0.25) is 0 Å². The van der Waals surface area contributed by atoms with Crippen LogP contribution in [0.2, 0.25) is 0 Å². The molecule has 0 spiro atoms. The third kappa shape index (κ3) is 8.08. The molecule has 3 nitrogen and oxygen atoms in total. The van der Waals surface area contributed by atoms with Crippen LogP contribution < -0.4 is 4.74 Å². The maximum atomic E-state index is 13.2. The van der Waals surface area contributed by atoms with Crippen LogP contribution in [0.5, 0.6) is 5.75 Å². The Bertz CT molecular complexity index is 1140. The number of hydrogen-bond acceptors (Lipinski definition) is 3. The van der Waals surface area contributed by atoms with Gasteiger partial charge in [0.1, 0.15) is 11.9 Å². The Morgan fingerprint density at radius 1 is 0.848 bits per heavy atom. The first-order valence-corrected chi connectivity index (χ1v) is 19.8. The molecule has 5 rings (SSSR count). The fourth-order valence-corrected chi connectivity index (χ4v) is 10.9. The van der Waals surface area contributed by atoms with Crippen molar-refractivity contribution in [3.05, 3.63) is 41.5 Å². The lowest BCUT2D eigenvalue weighted by molar-refractivity contribution is -0.0594. The Balaban J connectivity index is 1.10. The number of hydrogen-bond donors (Lipinski definition) is 0. The minimum absolute atomic E-state index is 0.00645. The van der Waals surface area contributed by atoms with Gasteiger partial charge < -0.3 is 9.47 Å². The standard InChI is InChI=1S/C43H68O3/c1-7-8-9-10-11-12-13-29-45-35-20-17-33(18-21-35)41(44)46-36-25-27-42(5)34(30-36)19-22-37-39-24-23-38(32(4)16-14-15-31(2)3)43(39,6)28-26-40(37)42/h17-21,31-32,36-40H,7-16,22-30H2,1-6H3/t32-,36+,37+,38-,39-,40+,42+,43-/m1/s1. The minimum atomic E-state index is -0.186. The zero-order chi connectivity index (χ0) is 32.7. The van der Waals surface area contributed by atoms with Crippen LogP contribution >= 0.6 is 0 Å². The van der Waals surface area contributed by atoms with E-state index in [0.717, 1.165) is 73.5 Å². The molecule has 0 aliphatic heterocycles. The fraction of sp³-hybridized carbons (Fsp3) is 0.791. The van der Waals surface area contributed by atoms with Gasteiger partial charge in [-0.2, -0.15) is 0 Å². The number of fused-ring (bicyclic) bond motifs is 5. The Morgan fingerprint density at radius 2 is 1.59 bits per heavy atom. The lowest BCUT2D eigenvalue weighted by Crippen LogP contribution is -2.51. The average Bonchev–Trinajstić information content (AvgIpc) is 3.40. The van der Waals surface area contributed by atoms with Crippen molar-refractivity contribution in [2.24, 2.45) is 46.3 Å². The van der Waals surface area contributed by atoms with Crippen molar-refractivity contribution in [1.82, 2.24) is 0 Å². The van der Waals surface area contributed by atoms with Crippen LogP contribution in [0.4, 0.5) is 0 Å². The first kappa shape index (κ1) is 35.5. The Labute approximate surface area is 283 Å². The summed E-state index contributed by atoms with van der Waals surface area (Å²) in [4.78, 5) is 13.2. The van der Waals surface area contributed by atoms with Crippen molar-refractivity contribution in [2.45, 2.75) is 163 Å². The van der Waals surface area contributed by atoms with Gasteiger partial charge in [0, 0.05) is 6.42 Å². The van der Waals surface area contributed by atoms with Gasteiger partial charge in [-0.1, -0.05) is 111 Å². The number of unbranched alkanes of at least 4 members (excludes halogenated alkanes) is 6. The Morgan fingerprint density at radius 3 is 2.33 bits per heavy atom. The summed E-state index contributed by atoms with van der Waals surface area (Å²) in [6.45, 7) is 15.6. The second-order valence-corrected chi connectivity index (χ2v) is 17.1. The molecular formula is C43H68O3. The molecule has 0 saturated heterocycles.